The van der Waals surface area contributed by atoms with E-state index >= 15 is 0 Å². The lowest BCUT2D eigenvalue weighted by atomic mass is 10.2. The molecule has 0 aliphatic heterocycles. The lowest BCUT2D eigenvalue weighted by molar-refractivity contribution is 0.624. The second kappa shape index (κ2) is 7.22. The summed E-state index contributed by atoms with van der Waals surface area (Å²) in [6, 6.07) is 8.29. The summed E-state index contributed by atoms with van der Waals surface area (Å²) >= 11 is 5.28. The van der Waals surface area contributed by atoms with Gasteiger partial charge in [-0.2, -0.15) is 10.2 Å². The van der Waals surface area contributed by atoms with Crippen LogP contribution in [-0.2, 0) is 20.1 Å². The molecule has 3 rings (SSSR count). The fraction of sp³-hybridized carbons (Fsp3) is 0.188. The van der Waals surface area contributed by atoms with Gasteiger partial charge in [-0.05, 0) is 36.0 Å². The van der Waals surface area contributed by atoms with Gasteiger partial charge in [0.25, 0.3) is 0 Å². The first-order valence-electron chi connectivity index (χ1n) is 7.39. The van der Waals surface area contributed by atoms with Gasteiger partial charge in [-0.1, -0.05) is 12.1 Å². The molecule has 1 aromatic carbocycles. The number of hydrogen-bond donors (Lipinski definition) is 2. The molecule has 0 fully saturated rings. The van der Waals surface area contributed by atoms with Gasteiger partial charge in [0.15, 0.2) is 5.11 Å². The summed E-state index contributed by atoms with van der Waals surface area (Å²) in [5.41, 5.74) is 2.80. The number of benzene rings is 1. The molecule has 0 radical (unpaired) electrons. The van der Waals surface area contributed by atoms with E-state index < -0.39 is 0 Å². The van der Waals surface area contributed by atoms with Crippen LogP contribution in [0.5, 0.6) is 0 Å². The average Bonchev–Trinajstić information content (AvgIpc) is 3.17. The molecule has 0 bridgehead atoms. The Kier molecular flexibility index (Phi) is 4.85. The van der Waals surface area contributed by atoms with Crippen molar-refractivity contribution in [3.8, 4) is 0 Å². The molecule has 6 nitrogen and oxygen atoms in total. The van der Waals surface area contributed by atoms with Crippen molar-refractivity contribution in [2.24, 2.45) is 7.05 Å². The van der Waals surface area contributed by atoms with Crippen molar-refractivity contribution in [1.29, 1.82) is 0 Å². The number of aryl methyl sites for hydroxylation is 1. The number of halogens is 1. The van der Waals surface area contributed by atoms with Gasteiger partial charge in [0.05, 0.1) is 30.7 Å². The first-order chi connectivity index (χ1) is 11.6. The van der Waals surface area contributed by atoms with Gasteiger partial charge >= 0.3 is 0 Å². The molecule has 0 aliphatic rings. The topological polar surface area (TPSA) is 59.7 Å². The fourth-order valence-electron chi connectivity index (χ4n) is 2.21. The van der Waals surface area contributed by atoms with Gasteiger partial charge in [-0.3, -0.25) is 9.36 Å². The molecule has 0 unspecified atom stereocenters. The summed E-state index contributed by atoms with van der Waals surface area (Å²) in [6.45, 7) is 1.16. The van der Waals surface area contributed by atoms with E-state index in [1.807, 2.05) is 19.3 Å². The second-order valence-corrected chi connectivity index (χ2v) is 5.72. The van der Waals surface area contributed by atoms with E-state index in [0.29, 0.717) is 18.2 Å². The maximum absolute atomic E-state index is 12.9. The van der Waals surface area contributed by atoms with E-state index in [1.54, 1.807) is 33.9 Å². The van der Waals surface area contributed by atoms with Gasteiger partial charge in [-0.25, -0.2) is 4.39 Å². The molecule has 8 heteroatoms. The Hall–Kier alpha value is -2.74. The van der Waals surface area contributed by atoms with Gasteiger partial charge in [0.1, 0.15) is 5.82 Å². The van der Waals surface area contributed by atoms with Crippen LogP contribution in [-0.4, -0.2) is 24.7 Å². The minimum Gasteiger partial charge on any atom is -0.357 e. The Bertz CT molecular complexity index is 823. The van der Waals surface area contributed by atoms with Crippen molar-refractivity contribution in [3.63, 3.8) is 0 Å². The zero-order chi connectivity index (χ0) is 16.9. The van der Waals surface area contributed by atoms with Crippen molar-refractivity contribution in [3.05, 3.63) is 66.0 Å². The number of hydrogen-bond acceptors (Lipinski definition) is 3. The first-order valence-corrected chi connectivity index (χ1v) is 7.79. The molecule has 0 amide bonds. The highest BCUT2D eigenvalue weighted by Gasteiger charge is 2.04. The monoisotopic (exact) mass is 344 g/mol. The summed E-state index contributed by atoms with van der Waals surface area (Å²) in [7, 11) is 1.88. The number of nitrogens with one attached hydrogen (secondary N) is 2. The summed E-state index contributed by atoms with van der Waals surface area (Å²) < 4.78 is 16.5. The third-order valence-corrected chi connectivity index (χ3v) is 3.75. The molecule has 0 atom stereocenters. The van der Waals surface area contributed by atoms with Crippen molar-refractivity contribution >= 4 is 23.0 Å². The molecule has 3 aromatic rings. The summed E-state index contributed by atoms with van der Waals surface area (Å²) in [4.78, 5) is 0. The molecule has 0 spiro atoms. The molecule has 124 valence electrons. The van der Waals surface area contributed by atoms with E-state index in [4.69, 9.17) is 12.2 Å². The van der Waals surface area contributed by atoms with E-state index in [1.165, 1.54) is 12.1 Å². The van der Waals surface area contributed by atoms with Crippen LogP contribution < -0.4 is 10.6 Å². The number of thiocarbonyl (C=S) groups is 1. The van der Waals surface area contributed by atoms with Crippen molar-refractivity contribution in [2.75, 3.05) is 5.32 Å². The number of nitrogens with zero attached hydrogens (tertiary/aromatic N) is 4. The van der Waals surface area contributed by atoms with Crippen molar-refractivity contribution in [1.82, 2.24) is 24.9 Å². The van der Waals surface area contributed by atoms with E-state index in [0.717, 1.165) is 16.9 Å². The molecule has 2 N–H and O–H groups in total. The molecular weight excluding hydrogens is 327 g/mol. The van der Waals surface area contributed by atoms with E-state index in [2.05, 4.69) is 20.8 Å². The predicted octanol–water partition coefficient (Wildman–Crippen LogP) is 2.29. The minimum absolute atomic E-state index is 0.244. The number of rotatable bonds is 5. The number of anilines is 1. The molecule has 2 heterocycles. The summed E-state index contributed by atoms with van der Waals surface area (Å²) in [5.74, 6) is -0.244. The minimum atomic E-state index is -0.244. The Morgan fingerprint density at radius 2 is 2.00 bits per heavy atom. The standard InChI is InChI=1S/C16H17FN6S/c1-22-15(6-7-19-22)9-18-16(24)21-14-8-20-23(11-14)10-12-2-4-13(17)5-3-12/h2-8,11H,9-10H2,1H3,(H2,18,21,24). The number of aromatic nitrogens is 4. The second-order valence-electron chi connectivity index (χ2n) is 5.31. The zero-order valence-electron chi connectivity index (χ0n) is 13.1. The predicted molar refractivity (Wildman–Crippen MR) is 94.0 cm³/mol. The van der Waals surface area contributed by atoms with Crippen molar-refractivity contribution < 1.29 is 4.39 Å². The lowest BCUT2D eigenvalue weighted by Gasteiger charge is -2.09. The fourth-order valence-corrected chi connectivity index (χ4v) is 2.40. The SMILES string of the molecule is Cn1nccc1CNC(=S)Nc1cnn(Cc2ccc(F)cc2)c1. The molecular formula is C16H17FN6S. The maximum atomic E-state index is 12.9. The Labute approximate surface area is 144 Å². The van der Waals surface area contributed by atoms with Crippen LogP contribution in [0.1, 0.15) is 11.3 Å². The quantitative estimate of drug-likeness (QED) is 0.696. The van der Waals surface area contributed by atoms with E-state index in [9.17, 15) is 4.39 Å². The van der Waals surface area contributed by atoms with Crippen molar-refractivity contribution in [2.45, 2.75) is 13.1 Å². The molecule has 2 aromatic heterocycles. The molecule has 0 aliphatic carbocycles. The molecule has 0 saturated carbocycles. The third-order valence-electron chi connectivity index (χ3n) is 3.50. The highest BCUT2D eigenvalue weighted by Crippen LogP contribution is 2.09. The van der Waals surface area contributed by atoms with Crippen LogP contribution in [0.3, 0.4) is 0 Å². The van der Waals surface area contributed by atoms with Crippen LogP contribution in [0, 0.1) is 5.82 Å². The highest BCUT2D eigenvalue weighted by molar-refractivity contribution is 7.80. The third kappa shape index (κ3) is 4.17. The first kappa shape index (κ1) is 16.1. The average molecular weight is 344 g/mol. The van der Waals surface area contributed by atoms with Crippen LogP contribution in [0.25, 0.3) is 0 Å². The molecule has 0 saturated heterocycles. The smallest absolute Gasteiger partial charge is 0.171 e. The van der Waals surface area contributed by atoms with Crippen LogP contribution >= 0.6 is 12.2 Å². The Balaban J connectivity index is 1.52. The zero-order valence-corrected chi connectivity index (χ0v) is 13.9. The lowest BCUT2D eigenvalue weighted by Crippen LogP contribution is -2.28. The Morgan fingerprint density at radius 1 is 1.21 bits per heavy atom. The van der Waals surface area contributed by atoms with Crippen LogP contribution in [0.2, 0.25) is 0 Å². The summed E-state index contributed by atoms with van der Waals surface area (Å²) in [6.07, 6.45) is 5.29. The van der Waals surface area contributed by atoms with Gasteiger partial charge < -0.3 is 10.6 Å². The highest BCUT2D eigenvalue weighted by atomic mass is 32.1. The van der Waals surface area contributed by atoms with Crippen LogP contribution in [0.15, 0.2) is 48.9 Å². The Morgan fingerprint density at radius 3 is 2.71 bits per heavy atom. The van der Waals surface area contributed by atoms with E-state index in [-0.39, 0.29) is 5.82 Å². The van der Waals surface area contributed by atoms with Crippen LogP contribution in [0.4, 0.5) is 10.1 Å². The van der Waals surface area contributed by atoms with Gasteiger partial charge in [0, 0.05) is 19.4 Å². The van der Waals surface area contributed by atoms with Gasteiger partial charge in [-0.15, -0.1) is 0 Å². The molecule has 24 heavy (non-hydrogen) atoms. The van der Waals surface area contributed by atoms with Gasteiger partial charge in [0.2, 0.25) is 0 Å². The summed E-state index contributed by atoms with van der Waals surface area (Å²) in [5, 5.41) is 15.1. The maximum Gasteiger partial charge on any atom is 0.171 e. The normalized spacial score (nSPS) is 10.6. The largest absolute Gasteiger partial charge is 0.357 e.